The zero-order valence-corrected chi connectivity index (χ0v) is 15.4. The van der Waals surface area contributed by atoms with Crippen molar-refractivity contribution in [3.63, 3.8) is 0 Å². The van der Waals surface area contributed by atoms with Gasteiger partial charge in [0.25, 0.3) is 0 Å². The third-order valence-electron chi connectivity index (χ3n) is 4.63. The predicted molar refractivity (Wildman–Crippen MR) is 93.5 cm³/mol. The van der Waals surface area contributed by atoms with Gasteiger partial charge in [-0.25, -0.2) is 0 Å². The number of rotatable bonds is 8. The molecule has 23 heavy (non-hydrogen) atoms. The third-order valence-corrected chi connectivity index (χ3v) is 4.63. The molecule has 136 valence electrons. The summed E-state index contributed by atoms with van der Waals surface area (Å²) in [5.41, 5.74) is 5.89. The van der Waals surface area contributed by atoms with Gasteiger partial charge in [0.15, 0.2) is 0 Å². The molecule has 0 aromatic rings. The lowest BCUT2D eigenvalue weighted by Crippen LogP contribution is -2.45. The van der Waals surface area contributed by atoms with Crippen LogP contribution in [-0.4, -0.2) is 56.1 Å². The third kappa shape index (κ3) is 7.50. The highest BCUT2D eigenvalue weighted by atomic mass is 35.5. The number of amides is 1. The molecule has 0 aromatic carbocycles. The van der Waals surface area contributed by atoms with E-state index < -0.39 is 6.04 Å². The Morgan fingerprint density at radius 1 is 1.35 bits per heavy atom. The maximum absolute atomic E-state index is 11.8. The molecule has 0 radical (unpaired) electrons. The number of methoxy groups -OCH3 is 1. The molecule has 2 unspecified atom stereocenters. The maximum atomic E-state index is 11.8. The first-order chi connectivity index (χ1) is 10.5. The van der Waals surface area contributed by atoms with Gasteiger partial charge in [0, 0.05) is 6.54 Å². The summed E-state index contributed by atoms with van der Waals surface area (Å²) in [6, 6.07) is -0.416. The molecule has 1 heterocycles. The molecule has 1 amide bonds. The van der Waals surface area contributed by atoms with Crippen LogP contribution in [-0.2, 0) is 14.3 Å². The first-order valence-electron chi connectivity index (χ1n) is 8.33. The molecule has 7 heteroatoms. The van der Waals surface area contributed by atoms with Crippen molar-refractivity contribution in [3.8, 4) is 0 Å². The lowest BCUT2D eigenvalue weighted by Gasteiger charge is -2.30. The quantitative estimate of drug-likeness (QED) is 0.507. The molecular weight excluding hydrogens is 318 g/mol. The van der Waals surface area contributed by atoms with Crippen molar-refractivity contribution in [1.29, 1.82) is 0 Å². The summed E-state index contributed by atoms with van der Waals surface area (Å²) < 4.78 is 4.78. The molecule has 6 nitrogen and oxygen atoms in total. The number of esters is 1. The number of hydrogen-bond donors (Lipinski definition) is 2. The molecule has 0 aliphatic carbocycles. The lowest BCUT2D eigenvalue weighted by molar-refractivity contribution is -0.147. The van der Waals surface area contributed by atoms with Crippen LogP contribution in [0.3, 0.4) is 0 Å². The van der Waals surface area contributed by atoms with Crippen molar-refractivity contribution in [1.82, 2.24) is 10.2 Å². The van der Waals surface area contributed by atoms with Gasteiger partial charge in [-0.15, -0.1) is 12.4 Å². The normalized spacial score (nSPS) is 18.6. The van der Waals surface area contributed by atoms with Crippen LogP contribution in [0.25, 0.3) is 0 Å². The molecule has 0 spiro atoms. The highest BCUT2D eigenvalue weighted by Gasteiger charge is 2.25. The number of ether oxygens (including phenoxy) is 1. The van der Waals surface area contributed by atoms with Crippen LogP contribution >= 0.6 is 12.4 Å². The average Bonchev–Trinajstić information content (AvgIpc) is 2.56. The first-order valence-corrected chi connectivity index (χ1v) is 8.33. The SMILES string of the molecule is CCC(C)C(N)C(=O)NCCCN1CCC(C(=O)OC)CC1.Cl. The molecule has 1 aliphatic rings. The van der Waals surface area contributed by atoms with E-state index in [0.717, 1.165) is 45.3 Å². The molecule has 0 saturated carbocycles. The molecule has 1 aliphatic heterocycles. The van der Waals surface area contributed by atoms with Gasteiger partial charge in [0.2, 0.25) is 5.91 Å². The summed E-state index contributed by atoms with van der Waals surface area (Å²) >= 11 is 0. The maximum Gasteiger partial charge on any atom is 0.308 e. The van der Waals surface area contributed by atoms with E-state index in [9.17, 15) is 9.59 Å². The van der Waals surface area contributed by atoms with Crippen molar-refractivity contribution >= 4 is 24.3 Å². The van der Waals surface area contributed by atoms with E-state index >= 15 is 0 Å². The zero-order chi connectivity index (χ0) is 16.5. The number of halogens is 1. The van der Waals surface area contributed by atoms with E-state index in [1.165, 1.54) is 7.11 Å². The number of piperidine rings is 1. The van der Waals surface area contributed by atoms with Crippen molar-refractivity contribution in [2.24, 2.45) is 17.6 Å². The number of nitrogens with one attached hydrogen (secondary N) is 1. The molecule has 1 rings (SSSR count). The number of nitrogens with two attached hydrogens (primary N) is 1. The Balaban J connectivity index is 0.00000484. The highest BCUT2D eigenvalue weighted by molar-refractivity contribution is 5.85. The second-order valence-corrected chi connectivity index (χ2v) is 6.19. The summed E-state index contributed by atoms with van der Waals surface area (Å²) in [4.78, 5) is 25.6. The van der Waals surface area contributed by atoms with Gasteiger partial charge >= 0.3 is 5.97 Å². The Morgan fingerprint density at radius 3 is 2.48 bits per heavy atom. The fraction of sp³-hybridized carbons (Fsp3) is 0.875. The Bertz CT molecular complexity index is 360. The van der Waals surface area contributed by atoms with Crippen molar-refractivity contribution in [2.45, 2.75) is 45.6 Å². The summed E-state index contributed by atoms with van der Waals surface area (Å²) in [5.74, 6) is 0.108. The molecule has 1 fully saturated rings. The topological polar surface area (TPSA) is 84.7 Å². The van der Waals surface area contributed by atoms with Crippen molar-refractivity contribution in [2.75, 3.05) is 33.3 Å². The number of hydrogen-bond acceptors (Lipinski definition) is 5. The minimum absolute atomic E-state index is 0. The summed E-state index contributed by atoms with van der Waals surface area (Å²) in [5, 5.41) is 2.91. The number of carbonyl (C=O) groups excluding carboxylic acids is 2. The van der Waals surface area contributed by atoms with Crippen LogP contribution < -0.4 is 11.1 Å². The largest absolute Gasteiger partial charge is 0.469 e. The van der Waals surface area contributed by atoms with Gasteiger partial charge < -0.3 is 20.7 Å². The van der Waals surface area contributed by atoms with Gasteiger partial charge in [-0.2, -0.15) is 0 Å². The van der Waals surface area contributed by atoms with Crippen LogP contribution in [0, 0.1) is 11.8 Å². The highest BCUT2D eigenvalue weighted by Crippen LogP contribution is 2.18. The van der Waals surface area contributed by atoms with E-state index in [-0.39, 0.29) is 36.1 Å². The summed E-state index contributed by atoms with van der Waals surface area (Å²) in [6.45, 7) is 7.46. The zero-order valence-electron chi connectivity index (χ0n) is 14.5. The number of likely N-dealkylation sites (tertiary alicyclic amines) is 1. The van der Waals surface area contributed by atoms with E-state index in [0.29, 0.717) is 6.54 Å². The molecular formula is C16H32ClN3O3. The Morgan fingerprint density at radius 2 is 1.96 bits per heavy atom. The van der Waals surface area contributed by atoms with E-state index in [1.807, 2.05) is 13.8 Å². The molecule has 3 N–H and O–H groups in total. The Hall–Kier alpha value is -0.850. The van der Waals surface area contributed by atoms with Crippen LogP contribution in [0.4, 0.5) is 0 Å². The monoisotopic (exact) mass is 349 g/mol. The lowest BCUT2D eigenvalue weighted by atomic mass is 9.97. The minimum atomic E-state index is -0.416. The van der Waals surface area contributed by atoms with Gasteiger partial charge in [-0.05, 0) is 44.8 Å². The second-order valence-electron chi connectivity index (χ2n) is 6.19. The van der Waals surface area contributed by atoms with Crippen LogP contribution in [0.2, 0.25) is 0 Å². The Kier molecular flexibility index (Phi) is 11.2. The van der Waals surface area contributed by atoms with Crippen LogP contribution in [0.1, 0.15) is 39.5 Å². The van der Waals surface area contributed by atoms with Crippen molar-refractivity contribution < 1.29 is 14.3 Å². The first kappa shape index (κ1) is 22.1. The molecule has 0 aromatic heterocycles. The standard InChI is InChI=1S/C16H31N3O3.ClH/c1-4-12(2)14(17)15(20)18-8-5-9-19-10-6-13(7-11-19)16(21)22-3;/h12-14H,4-11,17H2,1-3H3,(H,18,20);1H. The van der Waals surface area contributed by atoms with E-state index in [1.54, 1.807) is 0 Å². The van der Waals surface area contributed by atoms with Gasteiger partial charge in [0.1, 0.15) is 0 Å². The number of carbonyl (C=O) groups is 2. The van der Waals surface area contributed by atoms with Crippen LogP contribution in [0.5, 0.6) is 0 Å². The molecule has 1 saturated heterocycles. The van der Waals surface area contributed by atoms with Crippen molar-refractivity contribution in [3.05, 3.63) is 0 Å². The molecule has 0 bridgehead atoms. The van der Waals surface area contributed by atoms with Gasteiger partial charge in [-0.1, -0.05) is 20.3 Å². The predicted octanol–water partition coefficient (Wildman–Crippen LogP) is 1.17. The fourth-order valence-electron chi connectivity index (χ4n) is 2.70. The fourth-order valence-corrected chi connectivity index (χ4v) is 2.70. The van der Waals surface area contributed by atoms with Gasteiger partial charge in [0.05, 0.1) is 19.1 Å². The summed E-state index contributed by atoms with van der Waals surface area (Å²) in [6.07, 6.45) is 3.53. The Labute approximate surface area is 145 Å². The van der Waals surface area contributed by atoms with E-state index in [4.69, 9.17) is 10.5 Å². The minimum Gasteiger partial charge on any atom is -0.469 e. The smallest absolute Gasteiger partial charge is 0.308 e. The second kappa shape index (κ2) is 11.6. The summed E-state index contributed by atoms with van der Waals surface area (Å²) in [7, 11) is 1.45. The van der Waals surface area contributed by atoms with E-state index in [2.05, 4.69) is 10.2 Å². The number of nitrogens with zero attached hydrogens (tertiary/aromatic N) is 1. The van der Waals surface area contributed by atoms with Crippen LogP contribution in [0.15, 0.2) is 0 Å². The average molecular weight is 350 g/mol. The van der Waals surface area contributed by atoms with Gasteiger partial charge in [-0.3, -0.25) is 9.59 Å². The molecule has 2 atom stereocenters.